The van der Waals surface area contributed by atoms with Gasteiger partial charge in [-0.15, -0.1) is 0 Å². The van der Waals surface area contributed by atoms with Gasteiger partial charge in [0, 0.05) is 29.9 Å². The quantitative estimate of drug-likeness (QED) is 0.895. The van der Waals surface area contributed by atoms with Gasteiger partial charge in [-0.3, -0.25) is 4.98 Å². The van der Waals surface area contributed by atoms with E-state index in [0.717, 1.165) is 36.4 Å². The van der Waals surface area contributed by atoms with Crippen LogP contribution in [0.15, 0.2) is 23.0 Å². The lowest BCUT2D eigenvalue weighted by Gasteiger charge is -2.25. The zero-order chi connectivity index (χ0) is 13.2. The zero-order valence-corrected chi connectivity index (χ0v) is 11.3. The summed E-state index contributed by atoms with van der Waals surface area (Å²) in [6.45, 7) is 5.21. The maximum atomic E-state index is 5.45. The Hall–Kier alpha value is -1.75. The van der Waals surface area contributed by atoms with Crippen molar-refractivity contribution in [2.24, 2.45) is 0 Å². The Morgan fingerprint density at radius 1 is 1.42 bits per heavy atom. The summed E-state index contributed by atoms with van der Waals surface area (Å²) in [4.78, 5) is 8.65. The van der Waals surface area contributed by atoms with Gasteiger partial charge in [-0.25, -0.2) is 0 Å². The van der Waals surface area contributed by atoms with E-state index in [1.54, 1.807) is 6.20 Å². The fourth-order valence-electron chi connectivity index (χ4n) is 2.59. The predicted octanol–water partition coefficient (Wildman–Crippen LogP) is 2.30. The van der Waals surface area contributed by atoms with Crippen LogP contribution in [0, 0.1) is 6.92 Å². The number of hydrogen-bond acceptors (Lipinski definition) is 5. The molecule has 2 unspecified atom stereocenters. The Morgan fingerprint density at radius 2 is 2.32 bits per heavy atom. The van der Waals surface area contributed by atoms with Gasteiger partial charge < -0.3 is 9.84 Å². The van der Waals surface area contributed by atoms with E-state index in [2.05, 4.69) is 27.4 Å². The van der Waals surface area contributed by atoms with Crippen molar-refractivity contribution < 1.29 is 4.52 Å². The Morgan fingerprint density at radius 3 is 3.11 bits per heavy atom. The van der Waals surface area contributed by atoms with Gasteiger partial charge in [-0.2, -0.15) is 4.98 Å². The van der Waals surface area contributed by atoms with Crippen molar-refractivity contribution >= 4 is 0 Å². The third-order valence-electron chi connectivity index (χ3n) is 3.68. The summed E-state index contributed by atoms with van der Waals surface area (Å²) in [6, 6.07) is 2.44. The molecular formula is C14H18N4O. The molecule has 5 nitrogen and oxygen atoms in total. The lowest BCUT2D eigenvalue weighted by molar-refractivity contribution is 0.295. The molecule has 0 aromatic carbocycles. The van der Waals surface area contributed by atoms with Crippen molar-refractivity contribution in [3.8, 4) is 11.4 Å². The number of piperidine rings is 1. The molecule has 3 rings (SSSR count). The minimum atomic E-state index is 0.375. The van der Waals surface area contributed by atoms with Crippen molar-refractivity contribution in [2.75, 3.05) is 6.54 Å². The van der Waals surface area contributed by atoms with Crippen LogP contribution in [0.1, 0.15) is 37.1 Å². The van der Waals surface area contributed by atoms with Crippen LogP contribution in [0.2, 0.25) is 0 Å². The van der Waals surface area contributed by atoms with Gasteiger partial charge in [0.25, 0.3) is 0 Å². The van der Waals surface area contributed by atoms with E-state index in [4.69, 9.17) is 4.52 Å². The Kier molecular flexibility index (Phi) is 3.29. The van der Waals surface area contributed by atoms with Crippen LogP contribution in [-0.4, -0.2) is 27.7 Å². The summed E-state index contributed by atoms with van der Waals surface area (Å²) in [6.07, 6.45) is 5.68. The molecule has 1 aliphatic heterocycles. The number of aryl methyl sites for hydroxylation is 1. The number of pyridine rings is 1. The van der Waals surface area contributed by atoms with E-state index >= 15 is 0 Å². The lowest BCUT2D eigenvalue weighted by atomic mass is 9.93. The molecule has 2 aromatic rings. The highest BCUT2D eigenvalue weighted by Gasteiger charge is 2.25. The Labute approximate surface area is 112 Å². The van der Waals surface area contributed by atoms with Crippen molar-refractivity contribution in [1.29, 1.82) is 0 Å². The van der Waals surface area contributed by atoms with Crippen LogP contribution >= 0.6 is 0 Å². The molecule has 0 radical (unpaired) electrons. The second kappa shape index (κ2) is 5.09. The fraction of sp³-hybridized carbons (Fsp3) is 0.500. The molecule has 0 amide bonds. The van der Waals surface area contributed by atoms with Crippen LogP contribution in [0.5, 0.6) is 0 Å². The van der Waals surface area contributed by atoms with E-state index in [0.29, 0.717) is 17.8 Å². The molecule has 1 fully saturated rings. The van der Waals surface area contributed by atoms with Gasteiger partial charge in [-0.05, 0) is 44.9 Å². The monoisotopic (exact) mass is 258 g/mol. The molecule has 0 aliphatic carbocycles. The van der Waals surface area contributed by atoms with Crippen molar-refractivity contribution in [1.82, 2.24) is 20.4 Å². The minimum Gasteiger partial charge on any atom is -0.339 e. The van der Waals surface area contributed by atoms with Crippen molar-refractivity contribution in [3.63, 3.8) is 0 Å². The summed E-state index contributed by atoms with van der Waals surface area (Å²) < 4.78 is 5.45. The lowest BCUT2D eigenvalue weighted by Crippen LogP contribution is -2.34. The van der Waals surface area contributed by atoms with Gasteiger partial charge in [-0.1, -0.05) is 5.16 Å². The maximum absolute atomic E-state index is 5.45. The molecule has 100 valence electrons. The number of hydrogen-bond donors (Lipinski definition) is 1. The van der Waals surface area contributed by atoms with E-state index in [-0.39, 0.29) is 0 Å². The SMILES string of the molecule is Cc1cnccc1-c1noc(C2CCNC(C)C2)n1. The van der Waals surface area contributed by atoms with Gasteiger partial charge >= 0.3 is 0 Å². The van der Waals surface area contributed by atoms with E-state index in [9.17, 15) is 0 Å². The first-order chi connectivity index (χ1) is 9.24. The third kappa shape index (κ3) is 2.51. The summed E-state index contributed by atoms with van der Waals surface area (Å²) >= 11 is 0. The summed E-state index contributed by atoms with van der Waals surface area (Å²) in [5, 5.41) is 7.54. The predicted molar refractivity (Wildman–Crippen MR) is 71.7 cm³/mol. The summed E-state index contributed by atoms with van der Waals surface area (Å²) in [7, 11) is 0. The summed E-state index contributed by atoms with van der Waals surface area (Å²) in [5.41, 5.74) is 2.06. The molecule has 1 saturated heterocycles. The molecule has 0 bridgehead atoms. The van der Waals surface area contributed by atoms with Crippen LogP contribution in [0.3, 0.4) is 0 Å². The second-order valence-electron chi connectivity index (χ2n) is 5.22. The second-order valence-corrected chi connectivity index (χ2v) is 5.22. The normalized spacial score (nSPS) is 23.5. The molecule has 0 spiro atoms. The van der Waals surface area contributed by atoms with E-state index in [1.165, 1.54) is 0 Å². The maximum Gasteiger partial charge on any atom is 0.230 e. The van der Waals surface area contributed by atoms with Gasteiger partial charge in [0.2, 0.25) is 11.7 Å². The average molecular weight is 258 g/mol. The molecular weight excluding hydrogens is 240 g/mol. The average Bonchev–Trinajstić information content (AvgIpc) is 2.89. The number of aromatic nitrogens is 3. The molecule has 2 aromatic heterocycles. The highest BCUT2D eigenvalue weighted by atomic mass is 16.5. The highest BCUT2D eigenvalue weighted by molar-refractivity contribution is 5.57. The van der Waals surface area contributed by atoms with Crippen LogP contribution < -0.4 is 5.32 Å². The topological polar surface area (TPSA) is 63.8 Å². The minimum absolute atomic E-state index is 0.375. The highest BCUT2D eigenvalue weighted by Crippen LogP contribution is 2.28. The van der Waals surface area contributed by atoms with Gasteiger partial charge in [0.1, 0.15) is 0 Å². The van der Waals surface area contributed by atoms with E-state index in [1.807, 2.05) is 19.2 Å². The third-order valence-corrected chi connectivity index (χ3v) is 3.68. The molecule has 19 heavy (non-hydrogen) atoms. The van der Waals surface area contributed by atoms with Crippen molar-refractivity contribution in [2.45, 2.75) is 38.6 Å². The standard InChI is InChI=1S/C14H18N4O/c1-9-8-15-5-4-12(9)13-17-14(19-18-13)11-3-6-16-10(2)7-11/h4-5,8,10-11,16H,3,6-7H2,1-2H3. The van der Waals surface area contributed by atoms with E-state index < -0.39 is 0 Å². The largest absolute Gasteiger partial charge is 0.339 e. The summed E-state index contributed by atoms with van der Waals surface area (Å²) in [5.74, 6) is 1.81. The van der Waals surface area contributed by atoms with Gasteiger partial charge in [0.05, 0.1) is 0 Å². The molecule has 1 aliphatic rings. The fourth-order valence-corrected chi connectivity index (χ4v) is 2.59. The van der Waals surface area contributed by atoms with Crippen LogP contribution in [0.4, 0.5) is 0 Å². The Bertz CT molecular complexity index is 566. The van der Waals surface area contributed by atoms with Crippen LogP contribution in [-0.2, 0) is 0 Å². The van der Waals surface area contributed by atoms with Gasteiger partial charge in [0.15, 0.2) is 0 Å². The van der Waals surface area contributed by atoms with Crippen LogP contribution in [0.25, 0.3) is 11.4 Å². The zero-order valence-electron chi connectivity index (χ0n) is 11.3. The molecule has 0 saturated carbocycles. The molecule has 1 N–H and O–H groups in total. The number of nitrogens with zero attached hydrogens (tertiary/aromatic N) is 3. The molecule has 3 heterocycles. The van der Waals surface area contributed by atoms with Crippen molar-refractivity contribution in [3.05, 3.63) is 29.9 Å². The number of nitrogens with one attached hydrogen (secondary N) is 1. The smallest absolute Gasteiger partial charge is 0.230 e. The Balaban J connectivity index is 1.85. The molecule has 5 heteroatoms. The first-order valence-corrected chi connectivity index (χ1v) is 6.72. The number of rotatable bonds is 2. The molecule has 2 atom stereocenters. The first-order valence-electron chi connectivity index (χ1n) is 6.72. The first kappa shape index (κ1) is 12.3.